The van der Waals surface area contributed by atoms with Crippen molar-refractivity contribution in [2.75, 3.05) is 0 Å². The van der Waals surface area contributed by atoms with E-state index >= 15 is 0 Å². The monoisotopic (exact) mass is 236 g/mol. The van der Waals surface area contributed by atoms with Gasteiger partial charge in [0.25, 0.3) is 0 Å². The molecule has 0 amide bonds. The van der Waals surface area contributed by atoms with Gasteiger partial charge in [0.15, 0.2) is 0 Å². The Bertz CT molecular complexity index is 544. The van der Waals surface area contributed by atoms with Crippen molar-refractivity contribution in [3.05, 3.63) is 60.2 Å². The molecule has 2 rings (SSSR count). The third kappa shape index (κ3) is 2.81. The highest BCUT2D eigenvalue weighted by Crippen LogP contribution is 2.19. The van der Waals surface area contributed by atoms with Gasteiger partial charge < -0.3 is 0 Å². The zero-order valence-corrected chi connectivity index (χ0v) is 10.2. The van der Waals surface area contributed by atoms with Gasteiger partial charge in [0.05, 0.1) is 0 Å². The van der Waals surface area contributed by atoms with E-state index in [9.17, 15) is 0 Å². The smallest absolute Gasteiger partial charge is 0.0446 e. The second kappa shape index (κ2) is 5.43. The summed E-state index contributed by atoms with van der Waals surface area (Å²) >= 11 is 5.24. The molecule has 0 saturated heterocycles. The van der Waals surface area contributed by atoms with Gasteiger partial charge in [-0.3, -0.25) is 0 Å². The van der Waals surface area contributed by atoms with Crippen LogP contribution < -0.4 is 0 Å². The molecule has 2 aromatic rings. The first kappa shape index (κ1) is 11.6. The highest BCUT2D eigenvalue weighted by Gasteiger charge is 2.00. The van der Waals surface area contributed by atoms with Crippen LogP contribution in [-0.2, 0) is 0 Å². The summed E-state index contributed by atoms with van der Waals surface area (Å²) in [4.78, 5) is 0.826. The molecule has 0 radical (unpaired) electrons. The van der Waals surface area contributed by atoms with E-state index in [4.69, 9.17) is 18.6 Å². The Balaban J connectivity index is 2.25. The minimum absolute atomic E-state index is 0.528. The van der Waals surface area contributed by atoms with Crippen LogP contribution in [0.3, 0.4) is 0 Å². The van der Waals surface area contributed by atoms with Gasteiger partial charge >= 0.3 is 0 Å². The average molecular weight is 236 g/mol. The Hall–Kier alpha value is -1.91. The fourth-order valence-electron chi connectivity index (χ4n) is 1.67. The number of benzene rings is 2. The molecule has 1 heteroatoms. The lowest BCUT2D eigenvalue weighted by atomic mass is 10.0. The maximum atomic E-state index is 5.25. The number of rotatable bonds is 3. The highest BCUT2D eigenvalue weighted by atomic mass is 32.1. The molecular formula is C16H12S. The summed E-state index contributed by atoms with van der Waals surface area (Å²) in [5.74, 6) is 2.57. The van der Waals surface area contributed by atoms with Crippen LogP contribution in [0.4, 0.5) is 0 Å². The standard InChI is InChI=1S/C16H12S/c1-2-6-16(17)15-11-9-14(10-12-15)13-7-4-3-5-8-13/h1,3-5,7-12H,6H2. The summed E-state index contributed by atoms with van der Waals surface area (Å²) in [5.41, 5.74) is 3.44. The molecule has 0 saturated carbocycles. The van der Waals surface area contributed by atoms with Gasteiger partial charge in [0.1, 0.15) is 0 Å². The molecule has 0 atom stereocenters. The quantitative estimate of drug-likeness (QED) is 0.439. The maximum absolute atomic E-state index is 5.25. The lowest BCUT2D eigenvalue weighted by molar-refractivity contribution is 1.55. The zero-order chi connectivity index (χ0) is 12.1. The van der Waals surface area contributed by atoms with Crippen LogP contribution in [0, 0.1) is 12.3 Å². The lowest BCUT2D eigenvalue weighted by Gasteiger charge is -2.04. The number of terminal acetylenes is 1. The van der Waals surface area contributed by atoms with Crippen molar-refractivity contribution in [1.29, 1.82) is 0 Å². The second-order valence-corrected chi connectivity index (χ2v) is 4.24. The van der Waals surface area contributed by atoms with Crippen LogP contribution in [0.15, 0.2) is 54.6 Å². The van der Waals surface area contributed by atoms with E-state index in [-0.39, 0.29) is 0 Å². The van der Waals surface area contributed by atoms with Gasteiger partial charge in [0.2, 0.25) is 0 Å². The molecule has 0 aromatic heterocycles. The van der Waals surface area contributed by atoms with E-state index in [0.29, 0.717) is 6.42 Å². The van der Waals surface area contributed by atoms with Crippen LogP contribution in [0.1, 0.15) is 12.0 Å². The minimum atomic E-state index is 0.528. The van der Waals surface area contributed by atoms with Crippen LogP contribution >= 0.6 is 12.2 Å². The fraction of sp³-hybridized carbons (Fsp3) is 0.0625. The molecule has 0 spiro atoms. The molecule has 0 fully saturated rings. The van der Waals surface area contributed by atoms with Crippen molar-refractivity contribution in [2.45, 2.75) is 6.42 Å². The molecule has 82 valence electrons. The van der Waals surface area contributed by atoms with E-state index in [1.54, 1.807) is 0 Å². The second-order valence-electron chi connectivity index (χ2n) is 3.75. The van der Waals surface area contributed by atoms with Crippen molar-refractivity contribution in [3.63, 3.8) is 0 Å². The number of hydrogen-bond donors (Lipinski definition) is 0. The van der Waals surface area contributed by atoms with Crippen LogP contribution in [0.5, 0.6) is 0 Å². The van der Waals surface area contributed by atoms with Crippen LogP contribution in [0.2, 0.25) is 0 Å². The lowest BCUT2D eigenvalue weighted by Crippen LogP contribution is -1.94. The number of hydrogen-bond acceptors (Lipinski definition) is 1. The summed E-state index contributed by atoms with van der Waals surface area (Å²) in [6, 6.07) is 18.5. The third-order valence-corrected chi connectivity index (χ3v) is 2.96. The van der Waals surface area contributed by atoms with Crippen molar-refractivity contribution >= 4 is 17.1 Å². The Kier molecular flexibility index (Phi) is 3.69. The van der Waals surface area contributed by atoms with Gasteiger partial charge in [-0.2, -0.15) is 0 Å². The number of thiocarbonyl (C=S) groups is 1. The van der Waals surface area contributed by atoms with E-state index in [2.05, 4.69) is 30.2 Å². The van der Waals surface area contributed by atoms with Crippen LogP contribution in [0.25, 0.3) is 11.1 Å². The van der Waals surface area contributed by atoms with Gasteiger partial charge in [-0.15, -0.1) is 12.3 Å². The Morgan fingerprint density at radius 2 is 1.53 bits per heavy atom. The van der Waals surface area contributed by atoms with Gasteiger partial charge in [-0.25, -0.2) is 0 Å². The Labute approximate surface area is 107 Å². The highest BCUT2D eigenvalue weighted by molar-refractivity contribution is 7.80. The van der Waals surface area contributed by atoms with Gasteiger partial charge in [0, 0.05) is 11.3 Å². The molecule has 17 heavy (non-hydrogen) atoms. The Morgan fingerprint density at radius 1 is 0.941 bits per heavy atom. The van der Waals surface area contributed by atoms with Gasteiger partial charge in [-0.05, 0) is 16.7 Å². The molecule has 2 aromatic carbocycles. The molecular weight excluding hydrogens is 224 g/mol. The van der Waals surface area contributed by atoms with Crippen molar-refractivity contribution in [2.24, 2.45) is 0 Å². The molecule has 0 heterocycles. The molecule has 0 N–H and O–H groups in total. The first-order valence-corrected chi connectivity index (χ1v) is 5.84. The molecule has 0 aliphatic heterocycles. The largest absolute Gasteiger partial charge is 0.120 e. The molecule has 0 nitrogen and oxygen atoms in total. The van der Waals surface area contributed by atoms with Crippen molar-refractivity contribution in [3.8, 4) is 23.5 Å². The zero-order valence-electron chi connectivity index (χ0n) is 9.39. The summed E-state index contributed by atoms with van der Waals surface area (Å²) in [6.07, 6.45) is 5.78. The molecule has 0 aliphatic carbocycles. The van der Waals surface area contributed by atoms with Gasteiger partial charge in [-0.1, -0.05) is 66.8 Å². The molecule has 0 unspecified atom stereocenters. The minimum Gasteiger partial charge on any atom is -0.120 e. The summed E-state index contributed by atoms with van der Waals surface area (Å²) in [7, 11) is 0. The molecule has 0 bridgehead atoms. The summed E-state index contributed by atoms with van der Waals surface area (Å²) in [5, 5.41) is 0. The summed E-state index contributed by atoms with van der Waals surface area (Å²) < 4.78 is 0. The molecule has 0 aliphatic rings. The van der Waals surface area contributed by atoms with E-state index < -0.39 is 0 Å². The average Bonchev–Trinajstić information content (AvgIpc) is 2.40. The SMILES string of the molecule is C#CCC(=S)c1ccc(-c2ccccc2)cc1. The third-order valence-electron chi connectivity index (χ3n) is 2.58. The topological polar surface area (TPSA) is 0 Å². The van der Waals surface area contributed by atoms with Crippen molar-refractivity contribution < 1.29 is 0 Å². The van der Waals surface area contributed by atoms with Crippen molar-refractivity contribution in [1.82, 2.24) is 0 Å². The van der Waals surface area contributed by atoms with E-state index in [0.717, 1.165) is 10.4 Å². The van der Waals surface area contributed by atoms with E-state index in [1.165, 1.54) is 11.1 Å². The fourth-order valence-corrected chi connectivity index (χ4v) is 1.89. The summed E-state index contributed by atoms with van der Waals surface area (Å²) in [6.45, 7) is 0. The first-order chi connectivity index (χ1) is 8.31. The normalized spacial score (nSPS) is 9.59. The predicted molar refractivity (Wildman–Crippen MR) is 77.0 cm³/mol. The van der Waals surface area contributed by atoms with Crippen LogP contribution in [-0.4, -0.2) is 4.86 Å². The maximum Gasteiger partial charge on any atom is 0.0446 e. The Morgan fingerprint density at radius 3 is 2.12 bits per heavy atom. The predicted octanol–water partition coefficient (Wildman–Crippen LogP) is 4.09. The van der Waals surface area contributed by atoms with E-state index in [1.807, 2.05) is 30.3 Å². The first-order valence-electron chi connectivity index (χ1n) is 5.43.